The summed E-state index contributed by atoms with van der Waals surface area (Å²) in [5.41, 5.74) is 7.22. The minimum absolute atomic E-state index is 0.00424. The van der Waals surface area contributed by atoms with Gasteiger partial charge in [0.25, 0.3) is 0 Å². The van der Waals surface area contributed by atoms with Crippen molar-refractivity contribution in [2.45, 2.75) is 32.4 Å². The first-order valence-corrected chi connectivity index (χ1v) is 8.47. The van der Waals surface area contributed by atoms with Gasteiger partial charge in [-0.1, -0.05) is 11.8 Å². The monoisotopic (exact) mass is 309 g/mol. The van der Waals surface area contributed by atoms with Crippen LogP contribution in [0.2, 0.25) is 0 Å². The number of aryl methyl sites for hydroxylation is 1. The summed E-state index contributed by atoms with van der Waals surface area (Å²) < 4.78 is 28.7. The van der Waals surface area contributed by atoms with Crippen LogP contribution in [0.1, 0.15) is 31.9 Å². The van der Waals surface area contributed by atoms with Crippen LogP contribution in [0.4, 0.5) is 0 Å². The van der Waals surface area contributed by atoms with E-state index >= 15 is 0 Å². The highest BCUT2D eigenvalue weighted by Gasteiger charge is 2.28. The van der Waals surface area contributed by atoms with Gasteiger partial charge in [0.05, 0.1) is 17.0 Å². The van der Waals surface area contributed by atoms with Crippen molar-refractivity contribution in [3.63, 3.8) is 0 Å². The Morgan fingerprint density at radius 1 is 1.29 bits per heavy atom. The molecule has 21 heavy (non-hydrogen) atoms. The largest absolute Gasteiger partial charge is 0.493 e. The summed E-state index contributed by atoms with van der Waals surface area (Å²) >= 11 is 0. The maximum Gasteiger partial charge on any atom is 0.158 e. The van der Waals surface area contributed by atoms with Gasteiger partial charge < -0.3 is 10.5 Å². The highest BCUT2D eigenvalue weighted by Crippen LogP contribution is 2.18. The molecule has 2 N–H and O–H groups in total. The molecule has 0 aliphatic heterocycles. The number of rotatable bonds is 4. The zero-order chi connectivity index (χ0) is 16.1. The van der Waals surface area contributed by atoms with Crippen LogP contribution in [-0.4, -0.2) is 32.1 Å². The second-order valence-corrected chi connectivity index (χ2v) is 8.62. The van der Waals surface area contributed by atoms with Crippen molar-refractivity contribution in [3.05, 3.63) is 29.3 Å². The molecule has 116 valence electrons. The lowest BCUT2D eigenvalue weighted by atomic mass is 10.1. The maximum absolute atomic E-state index is 12.0. The molecule has 0 aromatic heterocycles. The van der Waals surface area contributed by atoms with E-state index in [4.69, 9.17) is 10.5 Å². The number of hydrogen-bond acceptors (Lipinski definition) is 4. The molecule has 1 rings (SSSR count). The normalized spacial score (nSPS) is 11.7. The second-order valence-electron chi connectivity index (χ2n) is 5.76. The maximum atomic E-state index is 12.0. The average molecular weight is 309 g/mol. The molecule has 0 saturated heterocycles. The van der Waals surface area contributed by atoms with Crippen LogP contribution < -0.4 is 10.5 Å². The van der Waals surface area contributed by atoms with Gasteiger partial charge >= 0.3 is 0 Å². The van der Waals surface area contributed by atoms with E-state index in [-0.39, 0.29) is 12.4 Å². The van der Waals surface area contributed by atoms with Gasteiger partial charge in [-0.3, -0.25) is 0 Å². The second kappa shape index (κ2) is 6.97. The summed E-state index contributed by atoms with van der Waals surface area (Å²) in [6.07, 6.45) is 0. The van der Waals surface area contributed by atoms with Crippen LogP contribution in [0.15, 0.2) is 18.2 Å². The number of sulfone groups is 1. The standard InChI is InChI=1S/C16H23NO3S/c1-13-12-15(8-7-14(13)6-5-9-17)20-10-11-21(18,19)16(2,3)4/h7-8,12H,9-11,17H2,1-4H3. The summed E-state index contributed by atoms with van der Waals surface area (Å²) in [6, 6.07) is 5.49. The number of benzene rings is 1. The van der Waals surface area contributed by atoms with Gasteiger partial charge in [0, 0.05) is 5.56 Å². The molecule has 0 radical (unpaired) electrons. The van der Waals surface area contributed by atoms with Gasteiger partial charge in [-0.2, -0.15) is 0 Å². The zero-order valence-corrected chi connectivity index (χ0v) is 13.9. The van der Waals surface area contributed by atoms with E-state index < -0.39 is 14.6 Å². The molecule has 0 saturated carbocycles. The summed E-state index contributed by atoms with van der Waals surface area (Å²) in [5.74, 6) is 6.43. The number of hydrogen-bond donors (Lipinski definition) is 1. The molecule has 0 unspecified atom stereocenters. The van der Waals surface area contributed by atoms with Crippen molar-refractivity contribution in [1.82, 2.24) is 0 Å². The number of ether oxygens (including phenoxy) is 1. The molecular formula is C16H23NO3S. The van der Waals surface area contributed by atoms with Crippen molar-refractivity contribution >= 4 is 9.84 Å². The first kappa shape index (κ1) is 17.5. The molecular weight excluding hydrogens is 286 g/mol. The van der Waals surface area contributed by atoms with Crippen LogP contribution in [0.3, 0.4) is 0 Å². The van der Waals surface area contributed by atoms with Crippen molar-refractivity contribution in [2.24, 2.45) is 5.73 Å². The lowest BCUT2D eigenvalue weighted by Crippen LogP contribution is -2.32. The fraction of sp³-hybridized carbons (Fsp3) is 0.500. The third-order valence-electron chi connectivity index (χ3n) is 3.08. The SMILES string of the molecule is Cc1cc(OCCS(=O)(=O)C(C)(C)C)ccc1C#CCN. The molecule has 0 bridgehead atoms. The third kappa shape index (κ3) is 5.07. The molecule has 0 aliphatic rings. The van der Waals surface area contributed by atoms with Crippen molar-refractivity contribution in [2.75, 3.05) is 18.9 Å². The molecule has 5 heteroatoms. The fourth-order valence-electron chi connectivity index (χ4n) is 1.59. The average Bonchev–Trinajstić information content (AvgIpc) is 2.36. The first-order valence-electron chi connectivity index (χ1n) is 6.82. The Balaban J connectivity index is 2.68. The molecule has 0 aliphatic carbocycles. The van der Waals surface area contributed by atoms with Crippen LogP contribution >= 0.6 is 0 Å². The molecule has 1 aromatic rings. The molecule has 1 aromatic carbocycles. The highest BCUT2D eigenvalue weighted by molar-refractivity contribution is 7.92. The predicted molar refractivity (Wildman–Crippen MR) is 86.1 cm³/mol. The molecule has 0 atom stereocenters. The fourth-order valence-corrected chi connectivity index (χ4v) is 2.50. The van der Waals surface area contributed by atoms with E-state index in [0.29, 0.717) is 12.3 Å². The van der Waals surface area contributed by atoms with Crippen LogP contribution in [0.25, 0.3) is 0 Å². The van der Waals surface area contributed by atoms with Crippen molar-refractivity contribution in [3.8, 4) is 17.6 Å². The van der Waals surface area contributed by atoms with Crippen molar-refractivity contribution < 1.29 is 13.2 Å². The summed E-state index contributed by atoms with van der Waals surface area (Å²) in [5, 5.41) is 0. The Hall–Kier alpha value is -1.51. The highest BCUT2D eigenvalue weighted by atomic mass is 32.2. The molecule has 0 fully saturated rings. The van der Waals surface area contributed by atoms with Gasteiger partial charge in [-0.25, -0.2) is 8.42 Å². The zero-order valence-electron chi connectivity index (χ0n) is 13.1. The van der Waals surface area contributed by atoms with Gasteiger partial charge in [-0.15, -0.1) is 0 Å². The molecule has 0 amide bonds. The van der Waals surface area contributed by atoms with Gasteiger partial charge in [0.15, 0.2) is 9.84 Å². The minimum atomic E-state index is -3.16. The quantitative estimate of drug-likeness (QED) is 0.862. The van der Waals surface area contributed by atoms with Crippen LogP contribution in [0, 0.1) is 18.8 Å². The van der Waals surface area contributed by atoms with E-state index in [1.807, 2.05) is 19.1 Å². The third-order valence-corrected chi connectivity index (χ3v) is 5.65. The van der Waals surface area contributed by atoms with E-state index in [2.05, 4.69) is 11.8 Å². The van der Waals surface area contributed by atoms with Crippen molar-refractivity contribution in [1.29, 1.82) is 0 Å². The Labute approximate surface area is 127 Å². The lowest BCUT2D eigenvalue weighted by molar-refractivity contribution is 0.339. The van der Waals surface area contributed by atoms with E-state index in [9.17, 15) is 8.42 Å². The molecule has 0 heterocycles. The Morgan fingerprint density at radius 3 is 2.48 bits per heavy atom. The Kier molecular flexibility index (Phi) is 5.82. The van der Waals surface area contributed by atoms with Gasteiger partial charge in [0.1, 0.15) is 12.4 Å². The van der Waals surface area contributed by atoms with Gasteiger partial charge in [0.2, 0.25) is 0 Å². The van der Waals surface area contributed by atoms with E-state index in [1.54, 1.807) is 26.8 Å². The number of nitrogens with two attached hydrogens (primary N) is 1. The summed E-state index contributed by atoms with van der Waals surface area (Å²) in [4.78, 5) is 0. The Morgan fingerprint density at radius 2 is 1.95 bits per heavy atom. The summed E-state index contributed by atoms with van der Waals surface area (Å²) in [6.45, 7) is 7.47. The molecule has 4 nitrogen and oxygen atoms in total. The minimum Gasteiger partial charge on any atom is -0.493 e. The van der Waals surface area contributed by atoms with Gasteiger partial charge in [-0.05, 0) is 51.5 Å². The van der Waals surface area contributed by atoms with E-state index in [0.717, 1.165) is 11.1 Å². The molecule has 0 spiro atoms. The van der Waals surface area contributed by atoms with Crippen LogP contribution in [-0.2, 0) is 9.84 Å². The predicted octanol–water partition coefficient (Wildman–Crippen LogP) is 1.90. The first-order chi connectivity index (χ1) is 9.67. The topological polar surface area (TPSA) is 69.4 Å². The van der Waals surface area contributed by atoms with E-state index in [1.165, 1.54) is 0 Å². The smallest absolute Gasteiger partial charge is 0.158 e. The summed E-state index contributed by atoms with van der Waals surface area (Å²) in [7, 11) is -3.16. The van der Waals surface area contributed by atoms with Crippen LogP contribution in [0.5, 0.6) is 5.75 Å². The Bertz CT molecular complexity index is 646. The lowest BCUT2D eigenvalue weighted by Gasteiger charge is -2.19.